The third-order valence-electron chi connectivity index (χ3n) is 3.15. The van der Waals surface area contributed by atoms with Gasteiger partial charge in [0.25, 0.3) is 0 Å². The molecule has 0 N–H and O–H groups in total. The van der Waals surface area contributed by atoms with Crippen LogP contribution in [0.5, 0.6) is 6.01 Å². The second-order valence-corrected chi connectivity index (χ2v) is 4.73. The average molecular weight is 299 g/mol. The van der Waals surface area contributed by atoms with E-state index in [1.807, 2.05) is 6.92 Å². The lowest BCUT2D eigenvalue weighted by molar-refractivity contribution is 0.379. The maximum Gasteiger partial charge on any atom is 0.316 e. The molecule has 0 amide bonds. The van der Waals surface area contributed by atoms with Gasteiger partial charge in [0.1, 0.15) is 11.6 Å². The summed E-state index contributed by atoms with van der Waals surface area (Å²) in [4.78, 5) is 12.8. The zero-order valence-corrected chi connectivity index (χ0v) is 12.4. The van der Waals surface area contributed by atoms with E-state index in [0.717, 1.165) is 0 Å². The van der Waals surface area contributed by atoms with Crippen molar-refractivity contribution in [1.82, 2.24) is 24.7 Å². The highest BCUT2D eigenvalue weighted by atomic mass is 19.1. The Balaban J connectivity index is 2.16. The molecule has 6 nitrogen and oxygen atoms in total. The molecule has 0 spiro atoms. The Morgan fingerprint density at radius 2 is 2.00 bits per heavy atom. The van der Waals surface area contributed by atoms with Gasteiger partial charge in [-0.15, -0.1) is 0 Å². The first-order chi connectivity index (χ1) is 10.6. The Hall–Kier alpha value is -2.83. The highest BCUT2D eigenvalue weighted by molar-refractivity contribution is 5.59. The van der Waals surface area contributed by atoms with Crippen LogP contribution in [0.2, 0.25) is 0 Å². The quantitative estimate of drug-likeness (QED) is 0.743. The molecular formula is C15H14FN5O. The fraction of sp³-hybridized carbons (Fsp3) is 0.200. The number of benzene rings is 1. The van der Waals surface area contributed by atoms with Gasteiger partial charge in [-0.25, -0.2) is 19.0 Å². The summed E-state index contributed by atoms with van der Waals surface area (Å²) in [7, 11) is 1.51. The van der Waals surface area contributed by atoms with Crippen LogP contribution in [0.3, 0.4) is 0 Å². The molecule has 7 heteroatoms. The molecule has 0 aliphatic carbocycles. The Bertz CT molecular complexity index is 831. The molecule has 0 fully saturated rings. The number of halogens is 1. The monoisotopic (exact) mass is 299 g/mol. The van der Waals surface area contributed by atoms with Crippen LogP contribution in [-0.4, -0.2) is 31.8 Å². The Morgan fingerprint density at radius 1 is 1.18 bits per heavy atom. The largest absolute Gasteiger partial charge is 0.467 e. The second-order valence-electron chi connectivity index (χ2n) is 4.73. The van der Waals surface area contributed by atoms with Crippen LogP contribution in [0.15, 0.2) is 30.5 Å². The van der Waals surface area contributed by atoms with E-state index in [1.54, 1.807) is 29.9 Å². The van der Waals surface area contributed by atoms with E-state index in [-0.39, 0.29) is 11.8 Å². The molecule has 3 rings (SSSR count). The van der Waals surface area contributed by atoms with Gasteiger partial charge in [0.05, 0.1) is 24.1 Å². The van der Waals surface area contributed by atoms with Crippen molar-refractivity contribution in [1.29, 1.82) is 0 Å². The maximum absolute atomic E-state index is 13.5. The first-order valence-corrected chi connectivity index (χ1v) is 6.66. The maximum atomic E-state index is 13.5. The van der Waals surface area contributed by atoms with Crippen LogP contribution >= 0.6 is 0 Å². The lowest BCUT2D eigenvalue weighted by Gasteiger charge is -2.08. The van der Waals surface area contributed by atoms with E-state index in [0.29, 0.717) is 28.6 Å². The van der Waals surface area contributed by atoms with Crippen LogP contribution in [-0.2, 0) is 0 Å². The zero-order valence-electron chi connectivity index (χ0n) is 12.4. The molecule has 112 valence electrons. The summed E-state index contributed by atoms with van der Waals surface area (Å²) in [5.41, 5.74) is 2.01. The number of aryl methyl sites for hydroxylation is 2. The molecule has 1 aromatic carbocycles. The smallest absolute Gasteiger partial charge is 0.316 e. The van der Waals surface area contributed by atoms with Crippen molar-refractivity contribution in [3.63, 3.8) is 0 Å². The van der Waals surface area contributed by atoms with Crippen molar-refractivity contribution >= 4 is 0 Å². The minimum Gasteiger partial charge on any atom is -0.467 e. The van der Waals surface area contributed by atoms with Crippen molar-refractivity contribution in [3.8, 4) is 23.1 Å². The number of aromatic nitrogens is 5. The summed E-state index contributed by atoms with van der Waals surface area (Å²) >= 11 is 0. The lowest BCUT2D eigenvalue weighted by Crippen LogP contribution is -2.03. The standard InChI is InChI=1S/C15H14FN5O/c1-9-13(8-17-15(18-9)22-3)14-19-10(2)20-21(14)12-6-4-5-11(16)7-12/h4-8H,1-3H3. The van der Waals surface area contributed by atoms with E-state index in [9.17, 15) is 4.39 Å². The summed E-state index contributed by atoms with van der Waals surface area (Å²) in [6.45, 7) is 3.61. The average Bonchev–Trinajstić information content (AvgIpc) is 2.88. The molecule has 0 aliphatic heterocycles. The fourth-order valence-corrected chi connectivity index (χ4v) is 2.14. The highest BCUT2D eigenvalue weighted by Gasteiger charge is 2.16. The van der Waals surface area contributed by atoms with Gasteiger partial charge in [-0.1, -0.05) is 6.07 Å². The first-order valence-electron chi connectivity index (χ1n) is 6.66. The molecule has 0 saturated carbocycles. The topological polar surface area (TPSA) is 65.7 Å². The molecule has 0 bridgehead atoms. The lowest BCUT2D eigenvalue weighted by atomic mass is 10.2. The van der Waals surface area contributed by atoms with Crippen LogP contribution in [0.4, 0.5) is 4.39 Å². The zero-order chi connectivity index (χ0) is 15.7. The molecule has 2 aromatic heterocycles. The van der Waals surface area contributed by atoms with Crippen LogP contribution < -0.4 is 4.74 Å². The van der Waals surface area contributed by atoms with E-state index in [4.69, 9.17) is 4.74 Å². The minimum absolute atomic E-state index is 0.287. The molecule has 0 aliphatic rings. The van der Waals surface area contributed by atoms with Crippen LogP contribution in [0.1, 0.15) is 11.5 Å². The van der Waals surface area contributed by atoms with Crippen LogP contribution in [0, 0.1) is 19.7 Å². The fourth-order valence-electron chi connectivity index (χ4n) is 2.14. The second kappa shape index (κ2) is 5.51. The Kier molecular flexibility index (Phi) is 3.54. The summed E-state index contributed by atoms with van der Waals surface area (Å²) in [6, 6.07) is 6.46. The number of rotatable bonds is 3. The van der Waals surface area contributed by atoms with E-state index >= 15 is 0 Å². The Morgan fingerprint density at radius 3 is 2.68 bits per heavy atom. The van der Waals surface area contributed by atoms with Gasteiger partial charge in [0.2, 0.25) is 0 Å². The van der Waals surface area contributed by atoms with Gasteiger partial charge in [-0.2, -0.15) is 10.1 Å². The van der Waals surface area contributed by atoms with E-state index in [2.05, 4.69) is 20.1 Å². The summed E-state index contributed by atoms with van der Waals surface area (Å²) in [5.74, 6) is 0.803. The van der Waals surface area contributed by atoms with Crippen LogP contribution in [0.25, 0.3) is 17.1 Å². The van der Waals surface area contributed by atoms with Gasteiger partial charge in [0, 0.05) is 6.20 Å². The van der Waals surface area contributed by atoms with Gasteiger partial charge in [-0.3, -0.25) is 0 Å². The Labute approximate surface area is 126 Å². The van der Waals surface area contributed by atoms with Crippen molar-refractivity contribution in [3.05, 3.63) is 47.8 Å². The first kappa shape index (κ1) is 14.1. The number of hydrogen-bond acceptors (Lipinski definition) is 5. The predicted molar refractivity (Wildman–Crippen MR) is 78.4 cm³/mol. The molecule has 2 heterocycles. The van der Waals surface area contributed by atoms with Crippen molar-refractivity contribution in [2.75, 3.05) is 7.11 Å². The van der Waals surface area contributed by atoms with Crippen molar-refractivity contribution in [2.24, 2.45) is 0 Å². The minimum atomic E-state index is -0.334. The molecule has 0 saturated heterocycles. The van der Waals surface area contributed by atoms with Gasteiger partial charge >= 0.3 is 6.01 Å². The van der Waals surface area contributed by atoms with Gasteiger partial charge in [-0.05, 0) is 32.0 Å². The van der Waals surface area contributed by atoms with Crippen molar-refractivity contribution in [2.45, 2.75) is 13.8 Å². The molecule has 3 aromatic rings. The summed E-state index contributed by atoms with van der Waals surface area (Å²) < 4.78 is 20.1. The highest BCUT2D eigenvalue weighted by Crippen LogP contribution is 2.24. The van der Waals surface area contributed by atoms with Gasteiger partial charge in [0.15, 0.2) is 5.82 Å². The summed E-state index contributed by atoms with van der Waals surface area (Å²) in [5, 5.41) is 4.33. The van der Waals surface area contributed by atoms with Gasteiger partial charge < -0.3 is 4.74 Å². The summed E-state index contributed by atoms with van der Waals surface area (Å²) in [6.07, 6.45) is 1.63. The third-order valence-corrected chi connectivity index (χ3v) is 3.15. The number of nitrogens with zero attached hydrogens (tertiary/aromatic N) is 5. The third kappa shape index (κ3) is 2.52. The molecule has 0 radical (unpaired) electrons. The van der Waals surface area contributed by atoms with E-state index < -0.39 is 0 Å². The molecular weight excluding hydrogens is 285 g/mol. The number of hydrogen-bond donors (Lipinski definition) is 0. The van der Waals surface area contributed by atoms with Crippen molar-refractivity contribution < 1.29 is 9.13 Å². The number of ether oxygens (including phenoxy) is 1. The molecule has 0 atom stereocenters. The molecule has 0 unspecified atom stereocenters. The SMILES string of the molecule is COc1ncc(-c2nc(C)nn2-c2cccc(F)c2)c(C)n1. The predicted octanol–water partition coefficient (Wildman–Crippen LogP) is 2.49. The van der Waals surface area contributed by atoms with E-state index in [1.165, 1.54) is 19.2 Å². The normalized spacial score (nSPS) is 10.7. The molecule has 22 heavy (non-hydrogen) atoms. The number of methoxy groups -OCH3 is 1.